The summed E-state index contributed by atoms with van der Waals surface area (Å²) < 4.78 is 37.1. The number of hydrogen-bond donors (Lipinski definition) is 2. The SMILES string of the molecule is CCNC(=NCC(=O)N(C)CC(F)(F)F)NC1CCN(C2CCCC2)C1. The van der Waals surface area contributed by atoms with E-state index >= 15 is 0 Å². The molecule has 0 radical (unpaired) electrons. The number of carbonyl (C=O) groups excluding carboxylic acids is 1. The molecule has 0 aromatic heterocycles. The van der Waals surface area contributed by atoms with Crippen LogP contribution in [0.15, 0.2) is 4.99 Å². The van der Waals surface area contributed by atoms with E-state index in [1.807, 2.05) is 6.92 Å². The fraction of sp³-hybridized carbons (Fsp3) is 0.882. The van der Waals surface area contributed by atoms with Crippen LogP contribution in [0.5, 0.6) is 0 Å². The second-order valence-corrected chi connectivity index (χ2v) is 7.12. The molecule has 2 aliphatic rings. The highest BCUT2D eigenvalue weighted by Crippen LogP contribution is 2.26. The molecule has 0 aromatic carbocycles. The average Bonchev–Trinajstić information content (AvgIpc) is 3.21. The Bertz CT molecular complexity index is 491. The number of likely N-dealkylation sites (tertiary alicyclic amines) is 1. The number of alkyl halides is 3. The number of carbonyl (C=O) groups is 1. The summed E-state index contributed by atoms with van der Waals surface area (Å²) in [5, 5.41) is 6.38. The van der Waals surface area contributed by atoms with Crippen molar-refractivity contribution in [3.05, 3.63) is 0 Å². The third kappa shape index (κ3) is 6.66. The van der Waals surface area contributed by atoms with Crippen LogP contribution in [0.2, 0.25) is 0 Å². The van der Waals surface area contributed by atoms with E-state index in [4.69, 9.17) is 0 Å². The first-order valence-electron chi connectivity index (χ1n) is 9.38. The summed E-state index contributed by atoms with van der Waals surface area (Å²) in [6.45, 7) is 2.96. The Morgan fingerprint density at radius 3 is 2.58 bits per heavy atom. The molecule has 1 atom stereocenters. The molecule has 0 bridgehead atoms. The van der Waals surface area contributed by atoms with E-state index < -0.39 is 18.6 Å². The third-order valence-electron chi connectivity index (χ3n) is 4.96. The highest BCUT2D eigenvalue weighted by Gasteiger charge is 2.32. The molecule has 1 saturated heterocycles. The molecular weight excluding hydrogens is 347 g/mol. The minimum Gasteiger partial charge on any atom is -0.357 e. The number of likely N-dealkylation sites (N-methyl/N-ethyl adjacent to an activating group) is 1. The molecule has 1 unspecified atom stereocenters. The van der Waals surface area contributed by atoms with Gasteiger partial charge in [0.25, 0.3) is 0 Å². The van der Waals surface area contributed by atoms with Crippen molar-refractivity contribution in [3.8, 4) is 0 Å². The van der Waals surface area contributed by atoms with E-state index in [1.165, 1.54) is 25.7 Å². The first kappa shape index (κ1) is 20.8. The van der Waals surface area contributed by atoms with Gasteiger partial charge in [0, 0.05) is 38.8 Å². The molecular formula is C17H30F3N5O. The summed E-state index contributed by atoms with van der Waals surface area (Å²) in [4.78, 5) is 19.2. The Balaban J connectivity index is 1.83. The second kappa shape index (κ2) is 9.43. The van der Waals surface area contributed by atoms with Crippen LogP contribution in [0.4, 0.5) is 13.2 Å². The van der Waals surface area contributed by atoms with Gasteiger partial charge in [0.05, 0.1) is 0 Å². The molecule has 1 saturated carbocycles. The standard InChI is InChI=1S/C17H30F3N5O/c1-3-21-16(22-10-15(26)24(2)12-17(18,19)20)23-13-8-9-25(11-13)14-6-4-5-7-14/h13-14H,3-12H2,1-2H3,(H2,21,22,23). The first-order chi connectivity index (χ1) is 12.3. The van der Waals surface area contributed by atoms with Crippen molar-refractivity contribution in [2.45, 2.75) is 57.3 Å². The molecule has 1 aliphatic carbocycles. The molecule has 2 rings (SSSR count). The van der Waals surface area contributed by atoms with E-state index in [1.54, 1.807) is 0 Å². The Morgan fingerprint density at radius 2 is 1.96 bits per heavy atom. The Labute approximate surface area is 153 Å². The zero-order chi connectivity index (χ0) is 19.2. The van der Waals surface area contributed by atoms with Crippen LogP contribution in [0.1, 0.15) is 39.0 Å². The molecule has 1 amide bonds. The highest BCUT2D eigenvalue weighted by atomic mass is 19.4. The molecule has 9 heteroatoms. The average molecular weight is 377 g/mol. The minimum absolute atomic E-state index is 0.247. The van der Waals surface area contributed by atoms with Gasteiger partial charge in [-0.3, -0.25) is 9.69 Å². The Kier molecular flexibility index (Phi) is 7.55. The lowest BCUT2D eigenvalue weighted by Crippen LogP contribution is -2.46. The number of aliphatic imine (C=N–C) groups is 1. The number of nitrogens with zero attached hydrogens (tertiary/aromatic N) is 3. The van der Waals surface area contributed by atoms with E-state index in [-0.39, 0.29) is 12.6 Å². The first-order valence-corrected chi connectivity index (χ1v) is 9.38. The van der Waals surface area contributed by atoms with Gasteiger partial charge in [-0.2, -0.15) is 13.2 Å². The zero-order valence-electron chi connectivity index (χ0n) is 15.6. The smallest absolute Gasteiger partial charge is 0.357 e. The van der Waals surface area contributed by atoms with Crippen LogP contribution in [0, 0.1) is 0 Å². The fourth-order valence-corrected chi connectivity index (χ4v) is 3.64. The molecule has 26 heavy (non-hydrogen) atoms. The quantitative estimate of drug-likeness (QED) is 0.545. The molecule has 0 aromatic rings. The van der Waals surface area contributed by atoms with Crippen LogP contribution < -0.4 is 10.6 Å². The van der Waals surface area contributed by atoms with Crippen molar-refractivity contribution in [3.63, 3.8) is 0 Å². The van der Waals surface area contributed by atoms with E-state index in [2.05, 4.69) is 20.5 Å². The van der Waals surface area contributed by atoms with Gasteiger partial charge in [0.15, 0.2) is 5.96 Å². The third-order valence-corrected chi connectivity index (χ3v) is 4.96. The van der Waals surface area contributed by atoms with Crippen molar-refractivity contribution in [1.82, 2.24) is 20.4 Å². The molecule has 1 aliphatic heterocycles. The van der Waals surface area contributed by atoms with E-state index in [0.29, 0.717) is 23.4 Å². The Morgan fingerprint density at radius 1 is 1.27 bits per heavy atom. The number of halogens is 3. The molecule has 6 nitrogen and oxygen atoms in total. The number of hydrogen-bond acceptors (Lipinski definition) is 3. The van der Waals surface area contributed by atoms with Gasteiger partial charge < -0.3 is 15.5 Å². The van der Waals surface area contributed by atoms with Gasteiger partial charge in [-0.05, 0) is 26.2 Å². The van der Waals surface area contributed by atoms with Crippen LogP contribution >= 0.6 is 0 Å². The van der Waals surface area contributed by atoms with E-state index in [9.17, 15) is 18.0 Å². The molecule has 2 fully saturated rings. The molecule has 1 heterocycles. The maximum Gasteiger partial charge on any atom is 0.406 e. The van der Waals surface area contributed by atoms with Gasteiger partial charge >= 0.3 is 6.18 Å². The van der Waals surface area contributed by atoms with Gasteiger partial charge in [-0.15, -0.1) is 0 Å². The lowest BCUT2D eigenvalue weighted by Gasteiger charge is -2.24. The van der Waals surface area contributed by atoms with Crippen LogP contribution in [0.3, 0.4) is 0 Å². The maximum absolute atomic E-state index is 12.4. The van der Waals surface area contributed by atoms with Crippen molar-refractivity contribution >= 4 is 11.9 Å². The zero-order valence-corrected chi connectivity index (χ0v) is 15.6. The van der Waals surface area contributed by atoms with Crippen molar-refractivity contribution < 1.29 is 18.0 Å². The number of nitrogens with one attached hydrogen (secondary N) is 2. The van der Waals surface area contributed by atoms with Crippen LogP contribution in [0.25, 0.3) is 0 Å². The Hall–Kier alpha value is -1.51. The summed E-state index contributed by atoms with van der Waals surface area (Å²) in [5.74, 6) is -0.168. The molecule has 150 valence electrons. The lowest BCUT2D eigenvalue weighted by atomic mass is 10.2. The molecule has 2 N–H and O–H groups in total. The predicted octanol–water partition coefficient (Wildman–Crippen LogP) is 1.58. The van der Waals surface area contributed by atoms with E-state index in [0.717, 1.165) is 26.6 Å². The second-order valence-electron chi connectivity index (χ2n) is 7.12. The number of guanidine groups is 1. The number of rotatable bonds is 6. The van der Waals surface area contributed by atoms with Gasteiger partial charge in [0.2, 0.25) is 5.91 Å². The fourth-order valence-electron chi connectivity index (χ4n) is 3.64. The van der Waals surface area contributed by atoms with Crippen LogP contribution in [-0.2, 0) is 4.79 Å². The van der Waals surface area contributed by atoms with Gasteiger partial charge in [-0.25, -0.2) is 4.99 Å². The summed E-state index contributed by atoms with van der Waals surface area (Å²) in [6, 6.07) is 0.926. The largest absolute Gasteiger partial charge is 0.406 e. The highest BCUT2D eigenvalue weighted by molar-refractivity contribution is 5.85. The van der Waals surface area contributed by atoms with Crippen molar-refractivity contribution in [2.75, 3.05) is 39.8 Å². The summed E-state index contributed by atoms with van der Waals surface area (Å²) in [6.07, 6.45) is 1.74. The minimum atomic E-state index is -4.40. The summed E-state index contributed by atoms with van der Waals surface area (Å²) in [5.41, 5.74) is 0. The lowest BCUT2D eigenvalue weighted by molar-refractivity contribution is -0.157. The molecule has 0 spiro atoms. The normalized spacial score (nSPS) is 22.7. The van der Waals surface area contributed by atoms with Gasteiger partial charge in [-0.1, -0.05) is 12.8 Å². The topological polar surface area (TPSA) is 60.0 Å². The number of amides is 1. The maximum atomic E-state index is 12.4. The predicted molar refractivity (Wildman–Crippen MR) is 95.0 cm³/mol. The summed E-state index contributed by atoms with van der Waals surface area (Å²) >= 11 is 0. The monoisotopic (exact) mass is 377 g/mol. The van der Waals surface area contributed by atoms with Crippen molar-refractivity contribution in [1.29, 1.82) is 0 Å². The van der Waals surface area contributed by atoms with Crippen LogP contribution in [-0.4, -0.2) is 79.7 Å². The van der Waals surface area contributed by atoms with Gasteiger partial charge in [0.1, 0.15) is 13.1 Å². The van der Waals surface area contributed by atoms with Crippen molar-refractivity contribution in [2.24, 2.45) is 4.99 Å². The summed E-state index contributed by atoms with van der Waals surface area (Å²) in [7, 11) is 1.14.